The second-order valence-electron chi connectivity index (χ2n) is 30.2. The summed E-state index contributed by atoms with van der Waals surface area (Å²) >= 11 is 0. The van der Waals surface area contributed by atoms with E-state index in [1.807, 2.05) is 84.4 Å². The molecule has 0 saturated heterocycles. The largest absolute Gasteiger partial charge is 0.437 e. The van der Waals surface area contributed by atoms with E-state index >= 15 is 0 Å². The summed E-state index contributed by atoms with van der Waals surface area (Å²) in [5, 5.41) is 5.08. The zero-order valence-electron chi connectivity index (χ0n) is 75.8. The summed E-state index contributed by atoms with van der Waals surface area (Å²) in [4.78, 5) is 13.7. The van der Waals surface area contributed by atoms with Crippen molar-refractivity contribution in [2.75, 3.05) is 0 Å². The third-order valence-electron chi connectivity index (χ3n) is 19.6. The highest BCUT2D eigenvalue weighted by molar-refractivity contribution is 6.11. The van der Waals surface area contributed by atoms with Crippen LogP contribution in [0, 0.1) is 38.5 Å². The quantitative estimate of drug-likeness (QED) is 0.107. The summed E-state index contributed by atoms with van der Waals surface area (Å²) in [5.41, 5.74) is 19.3. The molecule has 104 heavy (non-hydrogen) atoms. The third kappa shape index (κ3) is 14.8. The first-order valence-electron chi connectivity index (χ1n) is 42.6. The number of rotatable bonds is 13. The van der Waals surface area contributed by atoms with E-state index in [1.165, 1.54) is 53.8 Å². The van der Waals surface area contributed by atoms with Crippen LogP contribution in [0.25, 0.3) is 133 Å². The molecule has 0 amide bonds. The fraction of sp³-hybridized carbons (Fsp3) is 0.305. The van der Waals surface area contributed by atoms with Gasteiger partial charge in [0.05, 0.1) is 22.3 Å². The van der Waals surface area contributed by atoms with Gasteiger partial charge in [0.25, 0.3) is 0 Å². The number of nitrogens with zero attached hydrogens (tertiary/aromatic N) is 6. The maximum absolute atomic E-state index is 8.40. The van der Waals surface area contributed by atoms with Crippen LogP contribution in [-0.2, 0) is 51.2 Å². The van der Waals surface area contributed by atoms with E-state index in [4.69, 9.17) is 36.1 Å². The number of hydrogen-bond acceptors (Lipinski definition) is 6. The normalized spacial score (nSPS) is 14.5. The molecule has 15 aromatic rings. The third-order valence-corrected chi connectivity index (χ3v) is 19.6. The summed E-state index contributed by atoms with van der Waals surface area (Å²) in [6, 6.07) is 61.6. The molecule has 0 fully saturated rings. The number of benzene rings is 6. The molecule has 0 bridgehead atoms. The van der Waals surface area contributed by atoms with E-state index in [0.29, 0.717) is 51.1 Å². The molecule has 0 saturated carbocycles. The number of aromatic nitrogens is 6. The highest BCUT2D eigenvalue weighted by Crippen LogP contribution is 2.43. The summed E-state index contributed by atoms with van der Waals surface area (Å²) in [6.07, 6.45) is 9.33. The molecule has 9 aromatic heterocycles. The van der Waals surface area contributed by atoms with Crippen LogP contribution in [0.4, 0.5) is 0 Å². The Bertz CT molecular complexity index is 6260. The summed E-state index contributed by atoms with van der Waals surface area (Å²) < 4.78 is 130. The fourth-order valence-electron chi connectivity index (χ4n) is 14.5. The molecule has 9 heterocycles. The lowest BCUT2D eigenvalue weighted by Crippen LogP contribution is -2.31. The maximum atomic E-state index is 8.40. The molecule has 0 N–H and O–H groups in total. The molecule has 9 nitrogen and oxygen atoms in total. The predicted octanol–water partition coefficient (Wildman–Crippen LogP) is 23.7. The van der Waals surface area contributed by atoms with Gasteiger partial charge in [0.15, 0.2) is 35.3 Å². The van der Waals surface area contributed by atoms with Crippen molar-refractivity contribution in [3.05, 3.63) is 251 Å². The SMILES string of the molecule is [2H]C(C)(C)c1ccc2c(n1)oc1c(-c3c(-c4cccc(CC(C)C)c4)ccc[n+]3C)c(C)ccc12.[2H]C([2H])([2H])C(C)(c1ccc2c(n1)oc1c(-c3cc(-c4cccc(CC(C)C)c4)cc[n+]3C)c(C)ccc12)C([2H])([2H])[2H].[2H]C([2H])([2H])C(C)(c1ccc2c(n1)oc1c(-c3ccc(-c4cccc(CC(C)C)c4)c[n+]3C)c(C)ccc12)C([2H])([2H])[2H]. The zero-order valence-corrected chi connectivity index (χ0v) is 62.8. The minimum Gasteiger partial charge on any atom is -0.437 e. The molecule has 0 spiro atoms. The molecule has 9 heteroatoms. The van der Waals surface area contributed by atoms with Crippen LogP contribution in [0.2, 0.25) is 0 Å². The molecular weight excluding hydrogens is 1270 g/mol. The van der Waals surface area contributed by atoms with Crippen molar-refractivity contribution < 1.29 is 44.8 Å². The highest BCUT2D eigenvalue weighted by atomic mass is 16.3. The number of pyridine rings is 6. The first-order chi connectivity index (χ1) is 54.9. The van der Waals surface area contributed by atoms with E-state index in [9.17, 15) is 0 Å². The molecule has 0 radical (unpaired) electrons. The Morgan fingerprint density at radius 2 is 0.827 bits per heavy atom. The predicted molar refractivity (Wildman–Crippen MR) is 432 cm³/mol. The lowest BCUT2D eigenvalue weighted by Gasteiger charge is -2.16. The van der Waals surface area contributed by atoms with Crippen LogP contribution in [0.5, 0.6) is 0 Å². The molecule has 528 valence electrons. The number of fused-ring (bicyclic) bond motifs is 9. The molecule has 0 unspecified atom stereocenters. The van der Waals surface area contributed by atoms with Crippen LogP contribution in [-0.4, -0.2) is 15.0 Å². The van der Waals surface area contributed by atoms with Crippen molar-refractivity contribution in [3.8, 4) is 67.2 Å². The van der Waals surface area contributed by atoms with E-state index in [2.05, 4.69) is 213 Å². The van der Waals surface area contributed by atoms with Crippen LogP contribution in [0.3, 0.4) is 0 Å². The summed E-state index contributed by atoms with van der Waals surface area (Å²) in [6.45, 7) is 14.5. The van der Waals surface area contributed by atoms with Gasteiger partial charge in [-0.05, 0) is 168 Å². The van der Waals surface area contributed by atoms with Gasteiger partial charge in [0, 0.05) is 108 Å². The highest BCUT2D eigenvalue weighted by Gasteiger charge is 2.29. The van der Waals surface area contributed by atoms with Crippen molar-refractivity contribution in [3.63, 3.8) is 0 Å². The molecule has 0 aliphatic carbocycles. The van der Waals surface area contributed by atoms with E-state index < -0.39 is 44.1 Å². The van der Waals surface area contributed by atoms with Crippen molar-refractivity contribution in [1.29, 1.82) is 0 Å². The Morgan fingerprint density at radius 1 is 0.394 bits per heavy atom. The molecule has 0 aliphatic rings. The Balaban J connectivity index is 0.000000153. The van der Waals surface area contributed by atoms with Gasteiger partial charge < -0.3 is 13.3 Å². The molecule has 0 atom stereocenters. The van der Waals surface area contributed by atoms with Crippen molar-refractivity contribution >= 4 is 66.2 Å². The van der Waals surface area contributed by atoms with Gasteiger partial charge >= 0.3 is 0 Å². The van der Waals surface area contributed by atoms with E-state index in [-0.39, 0.29) is 22.8 Å². The molecular formula is C95H103N6O3+3. The first kappa shape index (κ1) is 57.1. The van der Waals surface area contributed by atoms with Crippen molar-refractivity contribution in [2.45, 2.75) is 153 Å². The van der Waals surface area contributed by atoms with Crippen LogP contribution >= 0.6 is 0 Å². The summed E-state index contributed by atoms with van der Waals surface area (Å²) in [7, 11) is 6.09. The van der Waals surface area contributed by atoms with Crippen LogP contribution in [0.15, 0.2) is 214 Å². The fourth-order valence-corrected chi connectivity index (χ4v) is 14.5. The van der Waals surface area contributed by atoms with Crippen LogP contribution < -0.4 is 13.7 Å². The minimum absolute atomic E-state index is 0.0445. The summed E-state index contributed by atoms with van der Waals surface area (Å²) in [5.74, 6) is 0.965. The lowest BCUT2D eigenvalue weighted by molar-refractivity contribution is -0.660. The van der Waals surface area contributed by atoms with Gasteiger partial charge in [-0.25, -0.2) is 28.7 Å². The Labute approximate surface area is 633 Å². The standard InChI is InChI=1S/2C32H35N2O.C31H33N2O/c1-20(2)17-22-9-8-10-23(18-22)24-12-15-27(34(7)19-24)29-21(3)11-13-25-26-14-16-28(32(4,5)6)33-31(26)35-30(25)29;1-20(2)17-22-9-8-10-23(18-22)24-15-16-34(7)27(19-24)29-21(3)11-12-25-26-13-14-28(32(4,5)6)33-31(26)35-30(25)29;1-19(2)17-22-9-7-10-23(18-22)24-11-8-16-33(6)29(24)28-21(5)12-13-25-26-14-15-27(20(3)4)32-31(26)34-30(25)28/h2*8-16,18-20H,17H2,1-7H3;7-16,18-20H,17H2,1-6H3/q3*+1/i2*4D3,5D3;20D. The topological polar surface area (TPSA) is 89.7 Å². The minimum atomic E-state index is -2.80. The van der Waals surface area contributed by atoms with Gasteiger partial charge in [-0.2, -0.15) is 0 Å². The Morgan fingerprint density at radius 3 is 1.32 bits per heavy atom. The monoisotopic (exact) mass is 1390 g/mol. The van der Waals surface area contributed by atoms with Crippen LogP contribution in [0.1, 0.15) is 171 Å². The second kappa shape index (κ2) is 29.0. The number of hydrogen-bond donors (Lipinski definition) is 0. The van der Waals surface area contributed by atoms with Crippen molar-refractivity contribution in [1.82, 2.24) is 15.0 Å². The number of furan rings is 3. The molecule has 0 aliphatic heterocycles. The maximum Gasteiger partial charge on any atom is 0.227 e. The first-order valence-corrected chi connectivity index (χ1v) is 36.1. The smallest absolute Gasteiger partial charge is 0.227 e. The Kier molecular flexibility index (Phi) is 15.9. The van der Waals surface area contributed by atoms with Gasteiger partial charge in [0.1, 0.15) is 21.1 Å². The van der Waals surface area contributed by atoms with Gasteiger partial charge in [-0.1, -0.05) is 206 Å². The van der Waals surface area contributed by atoms with Crippen molar-refractivity contribution in [2.24, 2.45) is 38.9 Å². The van der Waals surface area contributed by atoms with Gasteiger partial charge in [-0.15, -0.1) is 0 Å². The van der Waals surface area contributed by atoms with E-state index in [1.54, 1.807) is 12.1 Å². The Hall–Kier alpha value is -10.4. The number of aryl methyl sites for hydroxylation is 6. The van der Waals surface area contributed by atoms with Gasteiger partial charge in [-0.3, -0.25) is 0 Å². The molecule has 6 aromatic carbocycles. The average Bonchev–Trinajstić information content (AvgIpc) is 1.63. The average molecular weight is 1390 g/mol. The van der Waals surface area contributed by atoms with E-state index in [0.717, 1.165) is 119 Å². The lowest BCUT2D eigenvalue weighted by atomic mass is 9.91. The zero-order chi connectivity index (χ0) is 84.7. The van der Waals surface area contributed by atoms with Gasteiger partial charge in [0.2, 0.25) is 34.2 Å². The molecule has 15 rings (SSSR count). The second-order valence-corrected chi connectivity index (χ2v) is 30.2.